The lowest BCUT2D eigenvalue weighted by Gasteiger charge is -2.29. The van der Waals surface area contributed by atoms with Crippen molar-refractivity contribution in [3.63, 3.8) is 0 Å². The topological polar surface area (TPSA) is 92.9 Å². The number of nitrogens with zero attached hydrogens (tertiary/aromatic N) is 1. The van der Waals surface area contributed by atoms with Crippen molar-refractivity contribution in [2.24, 2.45) is 11.7 Å². The van der Waals surface area contributed by atoms with Crippen molar-refractivity contribution in [1.29, 1.82) is 0 Å². The molecule has 1 heterocycles. The Balaban J connectivity index is 0.000000196. The molecular weight excluding hydrogens is 447 g/mol. The summed E-state index contributed by atoms with van der Waals surface area (Å²) in [5, 5.41) is 8.85. The number of primary amides is 1. The number of rotatable bonds is 7. The highest BCUT2D eigenvalue weighted by atomic mass is 19.1. The highest BCUT2D eigenvalue weighted by Crippen LogP contribution is 2.22. The fraction of sp³-hybridized carbons (Fsp3) is 0.286. The molecule has 3 aromatic rings. The quantitative estimate of drug-likeness (QED) is 0.468. The first-order valence-corrected chi connectivity index (χ1v) is 11.7. The molecule has 0 unspecified atom stereocenters. The highest BCUT2D eigenvalue weighted by Gasteiger charge is 2.21. The largest absolute Gasteiger partial charge is 0.489 e. The van der Waals surface area contributed by atoms with Crippen LogP contribution in [0.1, 0.15) is 40.7 Å². The van der Waals surface area contributed by atoms with Crippen molar-refractivity contribution in [3.8, 4) is 5.75 Å². The first kappa shape index (κ1) is 25.7. The van der Waals surface area contributed by atoms with E-state index in [4.69, 9.17) is 15.6 Å². The molecule has 184 valence electrons. The minimum Gasteiger partial charge on any atom is -0.489 e. The standard InChI is InChI=1S/C14H18FNO2.C14H13NO2/c15-13-5-3-11(4-6-13)1-2-12-7-9-16(10-8-12)14(17)18;15-14(16)12-6-8-13(9-7-12)17-10-11-4-2-1-3-5-11/h3-6,12H,1-2,7-10H2,(H,17,18);1-9H,10H2,(H2,15,16). The van der Waals surface area contributed by atoms with Gasteiger partial charge in [-0.05, 0) is 79.1 Å². The molecule has 4 rings (SSSR count). The van der Waals surface area contributed by atoms with Gasteiger partial charge in [0, 0.05) is 18.7 Å². The maximum atomic E-state index is 12.7. The molecule has 2 amide bonds. The van der Waals surface area contributed by atoms with Gasteiger partial charge < -0.3 is 20.5 Å². The van der Waals surface area contributed by atoms with Crippen LogP contribution in [0.4, 0.5) is 9.18 Å². The number of carboxylic acid groups (broad SMARTS) is 1. The van der Waals surface area contributed by atoms with Gasteiger partial charge in [-0.25, -0.2) is 9.18 Å². The Morgan fingerprint density at radius 3 is 2.11 bits per heavy atom. The molecule has 1 saturated heterocycles. The van der Waals surface area contributed by atoms with Crippen molar-refractivity contribution in [1.82, 2.24) is 4.90 Å². The number of benzene rings is 3. The van der Waals surface area contributed by atoms with E-state index in [2.05, 4.69) is 0 Å². The number of amides is 2. The molecule has 3 N–H and O–H groups in total. The van der Waals surface area contributed by atoms with E-state index in [1.54, 1.807) is 24.3 Å². The van der Waals surface area contributed by atoms with Crippen molar-refractivity contribution in [2.75, 3.05) is 13.1 Å². The molecule has 1 aliphatic heterocycles. The summed E-state index contributed by atoms with van der Waals surface area (Å²) in [5.41, 5.74) is 7.89. The lowest BCUT2D eigenvalue weighted by atomic mass is 9.91. The summed E-state index contributed by atoms with van der Waals surface area (Å²) in [7, 11) is 0. The summed E-state index contributed by atoms with van der Waals surface area (Å²) >= 11 is 0. The van der Waals surface area contributed by atoms with Crippen LogP contribution in [-0.2, 0) is 13.0 Å². The van der Waals surface area contributed by atoms with Crippen molar-refractivity contribution in [2.45, 2.75) is 32.3 Å². The third-order valence-electron chi connectivity index (χ3n) is 6.03. The van der Waals surface area contributed by atoms with Crippen LogP contribution < -0.4 is 10.5 Å². The van der Waals surface area contributed by atoms with E-state index < -0.39 is 12.0 Å². The molecule has 6 nitrogen and oxygen atoms in total. The molecule has 1 fully saturated rings. The summed E-state index contributed by atoms with van der Waals surface area (Å²) < 4.78 is 18.3. The van der Waals surface area contributed by atoms with Crippen LogP contribution in [-0.4, -0.2) is 35.1 Å². The van der Waals surface area contributed by atoms with Gasteiger partial charge in [0.2, 0.25) is 5.91 Å². The van der Waals surface area contributed by atoms with Crippen LogP contribution in [0.2, 0.25) is 0 Å². The second kappa shape index (κ2) is 13.1. The molecule has 0 bridgehead atoms. The van der Waals surface area contributed by atoms with Gasteiger partial charge in [0.05, 0.1) is 0 Å². The molecule has 0 saturated carbocycles. The summed E-state index contributed by atoms with van der Waals surface area (Å²) in [6, 6.07) is 23.3. The molecule has 0 aliphatic carbocycles. The Morgan fingerprint density at radius 2 is 1.54 bits per heavy atom. The molecule has 7 heteroatoms. The maximum Gasteiger partial charge on any atom is 0.407 e. The van der Waals surface area contributed by atoms with E-state index in [9.17, 15) is 14.0 Å². The minimum absolute atomic E-state index is 0.200. The van der Waals surface area contributed by atoms with Crippen LogP contribution in [0.5, 0.6) is 5.75 Å². The Bertz CT molecular complexity index is 1060. The van der Waals surface area contributed by atoms with Crippen molar-refractivity contribution >= 4 is 12.0 Å². The van der Waals surface area contributed by atoms with Crippen molar-refractivity contribution in [3.05, 3.63) is 101 Å². The summed E-state index contributed by atoms with van der Waals surface area (Å²) in [6.45, 7) is 1.80. The number of ether oxygens (including phenoxy) is 1. The zero-order valence-corrected chi connectivity index (χ0v) is 19.6. The second-order valence-electron chi connectivity index (χ2n) is 8.54. The fourth-order valence-corrected chi connectivity index (χ4v) is 3.89. The molecule has 0 spiro atoms. The monoisotopic (exact) mass is 478 g/mol. The number of aryl methyl sites for hydroxylation is 1. The summed E-state index contributed by atoms with van der Waals surface area (Å²) in [5.74, 6) is 0.678. The van der Waals surface area contributed by atoms with E-state index in [-0.39, 0.29) is 5.82 Å². The van der Waals surface area contributed by atoms with E-state index in [1.165, 1.54) is 17.0 Å². The molecule has 1 aliphatic rings. The smallest absolute Gasteiger partial charge is 0.407 e. The first-order chi connectivity index (χ1) is 16.9. The van der Waals surface area contributed by atoms with E-state index in [0.717, 1.165) is 42.6 Å². The van der Waals surface area contributed by atoms with Gasteiger partial charge in [-0.3, -0.25) is 4.79 Å². The lowest BCUT2D eigenvalue weighted by Crippen LogP contribution is -2.37. The predicted molar refractivity (Wildman–Crippen MR) is 133 cm³/mol. The number of hydrogen-bond acceptors (Lipinski definition) is 3. The van der Waals surface area contributed by atoms with Crippen molar-refractivity contribution < 1.29 is 23.8 Å². The SMILES string of the molecule is NC(=O)c1ccc(OCc2ccccc2)cc1.O=C(O)N1CCC(CCc2ccc(F)cc2)CC1. The number of likely N-dealkylation sites (tertiary alicyclic amines) is 1. The third kappa shape index (κ3) is 8.77. The fourth-order valence-electron chi connectivity index (χ4n) is 3.89. The second-order valence-corrected chi connectivity index (χ2v) is 8.54. The van der Waals surface area contributed by atoms with E-state index in [0.29, 0.717) is 31.2 Å². The molecule has 3 aromatic carbocycles. The molecular formula is C28H31FN2O4. The predicted octanol–water partition coefficient (Wildman–Crippen LogP) is 5.51. The molecule has 0 radical (unpaired) electrons. The van der Waals surface area contributed by atoms with E-state index in [1.807, 2.05) is 42.5 Å². The Labute approximate surface area is 205 Å². The van der Waals surface area contributed by atoms with Crippen LogP contribution in [0.15, 0.2) is 78.9 Å². The van der Waals surface area contributed by atoms with E-state index >= 15 is 0 Å². The van der Waals surface area contributed by atoms with Gasteiger partial charge in [0.25, 0.3) is 0 Å². The van der Waals surface area contributed by atoms with Gasteiger partial charge in [-0.2, -0.15) is 0 Å². The van der Waals surface area contributed by atoms with Crippen LogP contribution in [0.25, 0.3) is 0 Å². The molecule has 0 atom stereocenters. The summed E-state index contributed by atoms with van der Waals surface area (Å²) in [6.07, 6.45) is 3.06. The Morgan fingerprint density at radius 1 is 0.914 bits per heavy atom. The van der Waals surface area contributed by atoms with Gasteiger partial charge >= 0.3 is 6.09 Å². The zero-order valence-electron chi connectivity index (χ0n) is 19.6. The summed E-state index contributed by atoms with van der Waals surface area (Å²) in [4.78, 5) is 23.1. The number of piperidine rings is 1. The van der Waals surface area contributed by atoms with Crippen LogP contribution in [0.3, 0.4) is 0 Å². The number of hydrogen-bond donors (Lipinski definition) is 2. The van der Waals surface area contributed by atoms with Gasteiger partial charge in [-0.15, -0.1) is 0 Å². The van der Waals surface area contributed by atoms with Gasteiger partial charge in [0.15, 0.2) is 0 Å². The molecule has 35 heavy (non-hydrogen) atoms. The van der Waals surface area contributed by atoms with Crippen LogP contribution in [0, 0.1) is 11.7 Å². The number of carbonyl (C=O) groups is 2. The number of carbonyl (C=O) groups excluding carboxylic acids is 1. The Kier molecular flexibility index (Phi) is 9.66. The first-order valence-electron chi connectivity index (χ1n) is 11.7. The molecule has 0 aromatic heterocycles. The minimum atomic E-state index is -0.813. The lowest BCUT2D eigenvalue weighted by molar-refractivity contribution is 0.1000. The van der Waals surface area contributed by atoms with Crippen LogP contribution >= 0.6 is 0 Å². The Hall–Kier alpha value is -3.87. The van der Waals surface area contributed by atoms with Gasteiger partial charge in [-0.1, -0.05) is 42.5 Å². The average Bonchev–Trinajstić information content (AvgIpc) is 2.88. The maximum absolute atomic E-state index is 12.7. The number of halogens is 1. The zero-order chi connectivity index (χ0) is 25.0. The average molecular weight is 479 g/mol. The third-order valence-corrected chi connectivity index (χ3v) is 6.03. The van der Waals surface area contributed by atoms with Gasteiger partial charge in [0.1, 0.15) is 18.2 Å². The normalized spacial score (nSPS) is 13.5. The number of nitrogens with two attached hydrogens (primary N) is 1. The highest BCUT2D eigenvalue weighted by molar-refractivity contribution is 5.92.